The third-order valence-electron chi connectivity index (χ3n) is 2.16. The van der Waals surface area contributed by atoms with Crippen LogP contribution in [0.2, 0.25) is 0 Å². The molecule has 1 nitrogen and oxygen atoms in total. The van der Waals surface area contributed by atoms with Crippen molar-refractivity contribution in [2.45, 2.75) is 17.7 Å². The summed E-state index contributed by atoms with van der Waals surface area (Å²) in [6.45, 7) is 0. The third kappa shape index (κ3) is 3.04. The Kier molecular flexibility index (Phi) is 4.09. The number of carbonyl (C=O) groups excluding carboxylic acids is 1. The van der Waals surface area contributed by atoms with Gasteiger partial charge in [-0.05, 0) is 17.7 Å². The minimum absolute atomic E-state index is 0.0893. The second kappa shape index (κ2) is 4.91. The van der Waals surface area contributed by atoms with Gasteiger partial charge in [0.25, 0.3) is 0 Å². The molecule has 0 heterocycles. The monoisotopic (exact) mass is 334 g/mol. The predicted molar refractivity (Wildman–Crippen MR) is 54.5 cm³/mol. The molecular weight excluding hydrogens is 330 g/mol. The number of benzene rings is 1. The maximum Gasteiger partial charge on any atom is 0.417 e. The molecule has 0 bridgehead atoms. The van der Waals surface area contributed by atoms with Crippen LogP contribution in [0.1, 0.15) is 27.0 Å². The Morgan fingerprint density at radius 3 is 1.78 bits per heavy atom. The fraction of sp³-hybridized carbons (Fsp3) is 0.300. The van der Waals surface area contributed by atoms with Crippen molar-refractivity contribution in [3.8, 4) is 0 Å². The molecule has 0 aromatic heterocycles. The molecule has 0 saturated carbocycles. The van der Waals surface area contributed by atoms with Gasteiger partial charge >= 0.3 is 12.4 Å². The van der Waals surface area contributed by atoms with Crippen LogP contribution < -0.4 is 0 Å². The molecule has 0 spiro atoms. The Balaban J connectivity index is 3.62. The number of carbonyl (C=O) groups is 1. The minimum Gasteiger partial charge on any atom is -0.298 e. The molecule has 1 aromatic rings. The molecule has 0 aliphatic carbocycles. The van der Waals surface area contributed by atoms with Crippen LogP contribution in [0.3, 0.4) is 0 Å². The molecule has 0 amide bonds. The van der Waals surface area contributed by atoms with E-state index >= 15 is 0 Å². The van der Waals surface area contributed by atoms with Crippen LogP contribution in [0, 0.1) is 0 Å². The third-order valence-corrected chi connectivity index (χ3v) is 2.77. The van der Waals surface area contributed by atoms with E-state index in [-0.39, 0.29) is 23.2 Å². The molecule has 0 atom stereocenters. The van der Waals surface area contributed by atoms with Gasteiger partial charge < -0.3 is 0 Å². The molecule has 0 aliphatic heterocycles. The Labute approximate surface area is 106 Å². The van der Waals surface area contributed by atoms with Crippen LogP contribution in [0.25, 0.3) is 0 Å². The molecule has 18 heavy (non-hydrogen) atoms. The summed E-state index contributed by atoms with van der Waals surface area (Å²) in [5, 5.41) is -0.151. The molecule has 0 radical (unpaired) electrons. The van der Waals surface area contributed by atoms with E-state index in [2.05, 4.69) is 15.9 Å². The van der Waals surface area contributed by atoms with Gasteiger partial charge in [0.15, 0.2) is 0 Å². The van der Waals surface area contributed by atoms with Gasteiger partial charge in [-0.15, -0.1) is 0 Å². The van der Waals surface area contributed by atoms with Crippen LogP contribution in [0.5, 0.6) is 0 Å². The first-order valence-electron chi connectivity index (χ1n) is 4.43. The van der Waals surface area contributed by atoms with Gasteiger partial charge in [0, 0.05) is 10.9 Å². The minimum atomic E-state index is -5.17. The van der Waals surface area contributed by atoms with Crippen LogP contribution >= 0.6 is 15.9 Å². The fourth-order valence-electron chi connectivity index (χ4n) is 1.36. The lowest BCUT2D eigenvalue weighted by Crippen LogP contribution is -2.18. The maximum absolute atomic E-state index is 12.5. The molecule has 1 rings (SSSR count). The molecule has 0 saturated heterocycles. The number of rotatable bonds is 2. The van der Waals surface area contributed by atoms with E-state index in [1.807, 2.05) is 0 Å². The lowest BCUT2D eigenvalue weighted by atomic mass is 9.99. The van der Waals surface area contributed by atoms with Crippen LogP contribution in [0.4, 0.5) is 26.3 Å². The second-order valence-corrected chi connectivity index (χ2v) is 3.90. The Morgan fingerprint density at radius 2 is 1.44 bits per heavy atom. The van der Waals surface area contributed by atoms with E-state index in [1.165, 1.54) is 0 Å². The molecular formula is C10H5BrF6O. The van der Waals surface area contributed by atoms with E-state index in [1.54, 1.807) is 0 Å². The second-order valence-electron chi connectivity index (χ2n) is 3.34. The normalized spacial score (nSPS) is 12.6. The smallest absolute Gasteiger partial charge is 0.298 e. The zero-order valence-electron chi connectivity index (χ0n) is 8.49. The molecule has 0 fully saturated rings. The zero-order chi connectivity index (χ0) is 14.1. The Hall–Kier alpha value is -1.05. The lowest BCUT2D eigenvalue weighted by Gasteiger charge is -2.17. The highest BCUT2D eigenvalue weighted by molar-refractivity contribution is 9.08. The number of hydrogen-bond acceptors (Lipinski definition) is 1. The fourth-order valence-corrected chi connectivity index (χ4v) is 1.84. The number of aldehydes is 1. The van der Waals surface area contributed by atoms with E-state index in [0.717, 1.165) is 0 Å². The molecule has 0 N–H and O–H groups in total. The topological polar surface area (TPSA) is 17.1 Å². The van der Waals surface area contributed by atoms with Gasteiger partial charge in [-0.2, -0.15) is 26.3 Å². The number of alkyl halides is 7. The van der Waals surface area contributed by atoms with Crippen molar-refractivity contribution in [3.05, 3.63) is 34.4 Å². The standard InChI is InChI=1S/C10H5BrF6O/c11-3-5-1-7(9(12,13)14)8(10(15,16)17)2-6(5)4-18/h1-2,4H,3H2. The van der Waals surface area contributed by atoms with Crippen molar-refractivity contribution in [2.24, 2.45) is 0 Å². The highest BCUT2D eigenvalue weighted by atomic mass is 79.9. The van der Waals surface area contributed by atoms with Crippen molar-refractivity contribution in [1.82, 2.24) is 0 Å². The van der Waals surface area contributed by atoms with E-state index in [9.17, 15) is 31.1 Å². The first-order valence-corrected chi connectivity index (χ1v) is 5.56. The number of halogens is 7. The van der Waals surface area contributed by atoms with Crippen LogP contribution in [0.15, 0.2) is 12.1 Å². The van der Waals surface area contributed by atoms with Gasteiger partial charge in [0.2, 0.25) is 0 Å². The molecule has 8 heteroatoms. The SMILES string of the molecule is O=Cc1cc(C(F)(F)F)c(C(F)(F)F)cc1CBr. The summed E-state index contributed by atoms with van der Waals surface area (Å²) in [6, 6.07) is 0.549. The van der Waals surface area contributed by atoms with Gasteiger partial charge in [0.05, 0.1) is 11.1 Å². The van der Waals surface area contributed by atoms with Crippen LogP contribution in [-0.4, -0.2) is 6.29 Å². The summed E-state index contributed by atoms with van der Waals surface area (Å²) in [5.74, 6) is 0. The summed E-state index contributed by atoms with van der Waals surface area (Å²) in [5.41, 5.74) is -4.23. The molecule has 0 aliphatic rings. The van der Waals surface area contributed by atoms with Gasteiger partial charge in [0.1, 0.15) is 6.29 Å². The van der Waals surface area contributed by atoms with E-state index in [0.29, 0.717) is 6.07 Å². The molecule has 1 aromatic carbocycles. The average Bonchev–Trinajstić information content (AvgIpc) is 2.24. The highest BCUT2D eigenvalue weighted by Gasteiger charge is 2.43. The maximum atomic E-state index is 12.5. The number of hydrogen-bond donors (Lipinski definition) is 0. The zero-order valence-corrected chi connectivity index (χ0v) is 10.1. The summed E-state index contributed by atoms with van der Waals surface area (Å²) in [6.07, 6.45) is -10.2. The van der Waals surface area contributed by atoms with Gasteiger partial charge in [-0.25, -0.2) is 0 Å². The summed E-state index contributed by atoms with van der Waals surface area (Å²) >= 11 is 2.82. The van der Waals surface area contributed by atoms with Crippen molar-refractivity contribution >= 4 is 22.2 Å². The lowest BCUT2D eigenvalue weighted by molar-refractivity contribution is -0.162. The Morgan fingerprint density at radius 1 is 1.00 bits per heavy atom. The van der Waals surface area contributed by atoms with Gasteiger partial charge in [-0.3, -0.25) is 4.79 Å². The Bertz CT molecular complexity index is 463. The largest absolute Gasteiger partial charge is 0.417 e. The van der Waals surface area contributed by atoms with E-state index in [4.69, 9.17) is 0 Å². The summed E-state index contributed by atoms with van der Waals surface area (Å²) in [4.78, 5) is 10.6. The van der Waals surface area contributed by atoms with Crippen molar-refractivity contribution < 1.29 is 31.1 Å². The average molecular weight is 335 g/mol. The first-order chi connectivity index (χ1) is 8.11. The summed E-state index contributed by atoms with van der Waals surface area (Å²) < 4.78 is 75.1. The summed E-state index contributed by atoms with van der Waals surface area (Å²) in [7, 11) is 0. The van der Waals surface area contributed by atoms with Gasteiger partial charge in [-0.1, -0.05) is 15.9 Å². The van der Waals surface area contributed by atoms with Crippen molar-refractivity contribution in [3.63, 3.8) is 0 Å². The van der Waals surface area contributed by atoms with Crippen molar-refractivity contribution in [2.75, 3.05) is 0 Å². The quantitative estimate of drug-likeness (QED) is 0.444. The molecule has 0 unspecified atom stereocenters. The van der Waals surface area contributed by atoms with Crippen molar-refractivity contribution in [1.29, 1.82) is 0 Å². The highest BCUT2D eigenvalue weighted by Crippen LogP contribution is 2.41. The van der Waals surface area contributed by atoms with E-state index < -0.39 is 29.0 Å². The molecule has 100 valence electrons. The predicted octanol–water partition coefficient (Wildman–Crippen LogP) is 4.43. The van der Waals surface area contributed by atoms with Crippen LogP contribution in [-0.2, 0) is 17.7 Å². The first kappa shape index (κ1) is 15.0.